The highest BCUT2D eigenvalue weighted by atomic mass is 32.2. The van der Waals surface area contributed by atoms with Crippen LogP contribution in [0.25, 0.3) is 0 Å². The molecular formula is C17H16N6O2S. The number of aryl methyl sites for hydroxylation is 1. The lowest BCUT2D eigenvalue weighted by atomic mass is 9.93. The first kappa shape index (κ1) is 16.4. The van der Waals surface area contributed by atoms with Crippen molar-refractivity contribution in [2.24, 2.45) is 12.1 Å². The summed E-state index contributed by atoms with van der Waals surface area (Å²) in [7, 11) is -2.26. The van der Waals surface area contributed by atoms with E-state index in [-0.39, 0.29) is 17.5 Å². The van der Waals surface area contributed by atoms with Gasteiger partial charge in [-0.25, -0.2) is 0 Å². The molecular weight excluding hydrogens is 352 g/mol. The highest BCUT2D eigenvalue weighted by Gasteiger charge is 2.37. The molecule has 9 heteroatoms. The summed E-state index contributed by atoms with van der Waals surface area (Å²) >= 11 is 0. The summed E-state index contributed by atoms with van der Waals surface area (Å²) < 4.78 is 28.2. The van der Waals surface area contributed by atoms with E-state index in [2.05, 4.69) is 20.4 Å². The molecule has 2 aromatic heterocycles. The van der Waals surface area contributed by atoms with Gasteiger partial charge >= 0.3 is 0 Å². The van der Waals surface area contributed by atoms with Gasteiger partial charge in [-0.15, -0.1) is 5.10 Å². The third kappa shape index (κ3) is 2.86. The molecule has 3 heterocycles. The molecule has 0 fully saturated rings. The van der Waals surface area contributed by atoms with E-state index in [9.17, 15) is 8.42 Å². The van der Waals surface area contributed by atoms with Crippen LogP contribution in [0.3, 0.4) is 0 Å². The number of sulfonamides is 1. The zero-order valence-electron chi connectivity index (χ0n) is 14.0. The number of nitrogens with zero attached hydrogens (tertiary/aromatic N) is 6. The first-order valence-electron chi connectivity index (χ1n) is 7.99. The van der Waals surface area contributed by atoms with E-state index >= 15 is 0 Å². The van der Waals surface area contributed by atoms with Gasteiger partial charge in [0.1, 0.15) is 0 Å². The van der Waals surface area contributed by atoms with Crippen molar-refractivity contribution in [2.45, 2.75) is 10.9 Å². The molecule has 1 unspecified atom stereocenters. The van der Waals surface area contributed by atoms with Crippen LogP contribution in [0.15, 0.2) is 71.1 Å². The number of pyridine rings is 1. The van der Waals surface area contributed by atoms with Crippen LogP contribution in [-0.4, -0.2) is 45.1 Å². The van der Waals surface area contributed by atoms with Gasteiger partial charge in [0.25, 0.3) is 10.0 Å². The maximum absolute atomic E-state index is 12.9. The Balaban J connectivity index is 1.78. The van der Waals surface area contributed by atoms with Crippen LogP contribution in [0.2, 0.25) is 0 Å². The number of benzene rings is 1. The van der Waals surface area contributed by atoms with Gasteiger partial charge in [0.15, 0.2) is 0 Å². The number of hydrogen-bond donors (Lipinski definition) is 0. The van der Waals surface area contributed by atoms with Gasteiger partial charge in [0.05, 0.1) is 30.1 Å². The maximum atomic E-state index is 12.9. The molecule has 0 saturated heterocycles. The SMILES string of the molecule is Cn1cc(S(=O)(=O)N2CC(c3ccccc3)C(c3ccccn3)=N2)nn1. The summed E-state index contributed by atoms with van der Waals surface area (Å²) in [6, 6.07) is 15.2. The largest absolute Gasteiger partial charge is 0.300 e. The van der Waals surface area contributed by atoms with Crippen molar-refractivity contribution < 1.29 is 8.42 Å². The predicted molar refractivity (Wildman–Crippen MR) is 94.9 cm³/mol. The van der Waals surface area contributed by atoms with Crippen molar-refractivity contribution in [1.82, 2.24) is 24.4 Å². The molecule has 0 aliphatic carbocycles. The lowest BCUT2D eigenvalue weighted by molar-refractivity contribution is 0.448. The molecule has 4 rings (SSSR count). The minimum atomic E-state index is -3.88. The van der Waals surface area contributed by atoms with Gasteiger partial charge in [0, 0.05) is 13.2 Å². The normalized spacial score (nSPS) is 17.3. The van der Waals surface area contributed by atoms with E-state index in [4.69, 9.17) is 0 Å². The molecule has 3 aromatic rings. The average Bonchev–Trinajstić information content (AvgIpc) is 3.30. The molecule has 8 nitrogen and oxygen atoms in total. The molecule has 0 radical (unpaired) electrons. The molecule has 1 aliphatic rings. The van der Waals surface area contributed by atoms with Gasteiger partial charge in [-0.05, 0) is 17.7 Å². The second-order valence-corrected chi connectivity index (χ2v) is 7.69. The van der Waals surface area contributed by atoms with Gasteiger partial charge < -0.3 is 0 Å². The first-order valence-corrected chi connectivity index (χ1v) is 9.43. The van der Waals surface area contributed by atoms with E-state index < -0.39 is 10.0 Å². The molecule has 0 spiro atoms. The Labute approximate surface area is 150 Å². The molecule has 0 saturated carbocycles. The highest BCUT2D eigenvalue weighted by Crippen LogP contribution is 2.31. The maximum Gasteiger partial charge on any atom is 0.300 e. The van der Waals surface area contributed by atoms with E-state index in [1.165, 1.54) is 10.9 Å². The lowest BCUT2D eigenvalue weighted by Crippen LogP contribution is -2.26. The summed E-state index contributed by atoms with van der Waals surface area (Å²) in [5.41, 5.74) is 2.25. The summed E-state index contributed by atoms with van der Waals surface area (Å²) in [6.45, 7) is 0.189. The van der Waals surface area contributed by atoms with E-state index in [1.807, 2.05) is 48.5 Å². The second kappa shape index (κ2) is 6.34. The minimum Gasteiger partial charge on any atom is -0.255 e. The van der Waals surface area contributed by atoms with Crippen LogP contribution in [0.5, 0.6) is 0 Å². The summed E-state index contributed by atoms with van der Waals surface area (Å²) in [5.74, 6) is -0.211. The van der Waals surface area contributed by atoms with E-state index in [0.717, 1.165) is 9.98 Å². The van der Waals surface area contributed by atoms with Crippen LogP contribution in [-0.2, 0) is 17.1 Å². The minimum absolute atomic E-state index is 0.127. The standard InChI is InChI=1S/C17H16N6O2S/c1-22-12-16(19-21-22)26(24,25)23-11-14(13-7-3-2-4-8-13)17(20-23)15-9-5-6-10-18-15/h2-10,12,14H,11H2,1H3. The van der Waals surface area contributed by atoms with Crippen molar-refractivity contribution in [3.8, 4) is 0 Å². The summed E-state index contributed by atoms with van der Waals surface area (Å²) in [5, 5.41) is 11.7. The lowest BCUT2D eigenvalue weighted by Gasteiger charge is -2.15. The molecule has 0 amide bonds. The molecule has 26 heavy (non-hydrogen) atoms. The Morgan fingerprint density at radius 1 is 1.08 bits per heavy atom. The van der Waals surface area contributed by atoms with Gasteiger partial charge in [-0.1, -0.05) is 41.6 Å². The fourth-order valence-corrected chi connectivity index (χ4v) is 4.05. The van der Waals surface area contributed by atoms with E-state index in [0.29, 0.717) is 11.4 Å². The first-order chi connectivity index (χ1) is 12.6. The summed E-state index contributed by atoms with van der Waals surface area (Å²) in [6.07, 6.45) is 3.03. The Bertz CT molecular complexity index is 1050. The molecule has 1 aromatic carbocycles. The fourth-order valence-electron chi connectivity index (χ4n) is 2.87. The predicted octanol–water partition coefficient (Wildman–Crippen LogP) is 1.40. The third-order valence-corrected chi connectivity index (χ3v) is 5.64. The fraction of sp³-hybridized carbons (Fsp3) is 0.176. The van der Waals surface area contributed by atoms with Crippen molar-refractivity contribution in [3.05, 3.63) is 72.2 Å². The van der Waals surface area contributed by atoms with Crippen LogP contribution in [0.4, 0.5) is 0 Å². The van der Waals surface area contributed by atoms with Crippen LogP contribution >= 0.6 is 0 Å². The molecule has 132 valence electrons. The van der Waals surface area contributed by atoms with Crippen molar-refractivity contribution >= 4 is 15.7 Å². The number of rotatable bonds is 4. The van der Waals surface area contributed by atoms with Crippen molar-refractivity contribution in [1.29, 1.82) is 0 Å². The van der Waals surface area contributed by atoms with Gasteiger partial charge in [0.2, 0.25) is 5.03 Å². The third-order valence-electron chi connectivity index (χ3n) is 4.14. The van der Waals surface area contributed by atoms with E-state index in [1.54, 1.807) is 13.2 Å². The number of hydrogen-bond acceptors (Lipinski definition) is 6. The zero-order chi connectivity index (χ0) is 18.1. The van der Waals surface area contributed by atoms with Crippen LogP contribution in [0.1, 0.15) is 17.2 Å². The summed E-state index contributed by atoms with van der Waals surface area (Å²) in [4.78, 5) is 4.35. The topological polar surface area (TPSA) is 93.3 Å². The smallest absolute Gasteiger partial charge is 0.255 e. The number of hydrazone groups is 1. The quantitative estimate of drug-likeness (QED) is 0.694. The van der Waals surface area contributed by atoms with Crippen molar-refractivity contribution in [3.63, 3.8) is 0 Å². The Morgan fingerprint density at radius 3 is 2.50 bits per heavy atom. The van der Waals surface area contributed by atoms with Gasteiger partial charge in [-0.2, -0.15) is 17.9 Å². The van der Waals surface area contributed by atoms with Crippen LogP contribution in [0, 0.1) is 0 Å². The highest BCUT2D eigenvalue weighted by molar-refractivity contribution is 7.89. The zero-order valence-corrected chi connectivity index (χ0v) is 14.8. The number of aromatic nitrogens is 4. The van der Waals surface area contributed by atoms with Crippen molar-refractivity contribution in [2.75, 3.05) is 6.54 Å². The second-order valence-electron chi connectivity index (χ2n) is 5.90. The molecule has 0 bridgehead atoms. The molecule has 0 N–H and O–H groups in total. The van der Waals surface area contributed by atoms with Crippen LogP contribution < -0.4 is 0 Å². The molecule has 1 aliphatic heterocycles. The van der Waals surface area contributed by atoms with Gasteiger partial charge in [-0.3, -0.25) is 9.67 Å². The Kier molecular flexibility index (Phi) is 4.00. The average molecular weight is 368 g/mol. The molecule has 1 atom stereocenters. The Hall–Kier alpha value is -3.07. The Morgan fingerprint density at radius 2 is 1.85 bits per heavy atom. The monoisotopic (exact) mass is 368 g/mol.